The second-order valence-corrected chi connectivity index (χ2v) is 16.3. The quantitative estimate of drug-likeness (QED) is 0.181. The summed E-state index contributed by atoms with van der Waals surface area (Å²) in [6, 6.07) is 46.1. The minimum absolute atomic E-state index is 0.0250. The van der Waals surface area contributed by atoms with Crippen molar-refractivity contribution < 1.29 is 0 Å². The molecule has 7 aromatic rings. The third kappa shape index (κ3) is 4.37. The summed E-state index contributed by atoms with van der Waals surface area (Å²) in [5.41, 5.74) is 21.0. The molecule has 3 aliphatic rings. The largest absolute Gasteiger partial charge is 0.310 e. The van der Waals surface area contributed by atoms with Crippen LogP contribution >= 0.6 is 0 Å². The molecule has 0 N–H and O–H groups in total. The number of allylic oxidation sites excluding steroid dienone is 4. The number of anilines is 3. The van der Waals surface area contributed by atoms with Gasteiger partial charge in [-0.3, -0.25) is 0 Å². The number of aryl methyl sites for hydroxylation is 2. The van der Waals surface area contributed by atoms with Crippen LogP contribution in [0.2, 0.25) is 0 Å². The zero-order valence-electron chi connectivity index (χ0n) is 31.0. The van der Waals surface area contributed by atoms with Gasteiger partial charge >= 0.3 is 0 Å². The van der Waals surface area contributed by atoms with Gasteiger partial charge in [-0.25, -0.2) is 0 Å². The second-order valence-electron chi connectivity index (χ2n) is 16.3. The van der Waals surface area contributed by atoms with E-state index in [2.05, 4.69) is 184 Å². The molecule has 254 valence electrons. The molecular weight excluding hydrogens is 629 g/mol. The van der Waals surface area contributed by atoms with Crippen molar-refractivity contribution in [1.29, 1.82) is 0 Å². The van der Waals surface area contributed by atoms with Crippen LogP contribution in [-0.4, -0.2) is 4.57 Å². The summed E-state index contributed by atoms with van der Waals surface area (Å²) in [5, 5.41) is 2.58. The van der Waals surface area contributed by atoms with Gasteiger partial charge in [0.1, 0.15) is 0 Å². The summed E-state index contributed by atoms with van der Waals surface area (Å²) in [6.45, 7) is 13.9. The molecule has 2 heteroatoms. The third-order valence-electron chi connectivity index (χ3n) is 12.3. The van der Waals surface area contributed by atoms with Crippen LogP contribution in [0.5, 0.6) is 0 Å². The van der Waals surface area contributed by atoms with Crippen LogP contribution in [0, 0.1) is 13.8 Å². The van der Waals surface area contributed by atoms with Crippen LogP contribution in [0.15, 0.2) is 139 Å². The van der Waals surface area contributed by atoms with Gasteiger partial charge in [-0.1, -0.05) is 107 Å². The molecule has 1 aliphatic heterocycles. The fourth-order valence-electron chi connectivity index (χ4n) is 9.80. The van der Waals surface area contributed by atoms with E-state index in [4.69, 9.17) is 0 Å². The summed E-state index contributed by atoms with van der Waals surface area (Å²) in [4.78, 5) is 2.43. The monoisotopic (exact) mass is 672 g/mol. The van der Waals surface area contributed by atoms with Crippen LogP contribution in [0.25, 0.3) is 44.2 Å². The first-order valence-electron chi connectivity index (χ1n) is 18.8. The van der Waals surface area contributed by atoms with Gasteiger partial charge in [0.05, 0.1) is 16.7 Å². The van der Waals surface area contributed by atoms with Crippen molar-refractivity contribution in [3.8, 4) is 16.8 Å². The fourth-order valence-corrected chi connectivity index (χ4v) is 9.80. The fraction of sp³-hybridized carbons (Fsp3) is 0.200. The zero-order chi connectivity index (χ0) is 35.5. The summed E-state index contributed by atoms with van der Waals surface area (Å²) < 4.78 is 2.50. The molecule has 0 fully saturated rings. The highest BCUT2D eigenvalue weighted by Gasteiger charge is 2.37. The van der Waals surface area contributed by atoms with E-state index in [0.29, 0.717) is 0 Å². The number of hydrogen-bond donors (Lipinski definition) is 0. The first-order chi connectivity index (χ1) is 25.1. The predicted octanol–water partition coefficient (Wildman–Crippen LogP) is 13.6. The molecule has 0 amide bonds. The highest BCUT2D eigenvalue weighted by atomic mass is 15.1. The van der Waals surface area contributed by atoms with E-state index in [1.807, 2.05) is 0 Å². The van der Waals surface area contributed by atoms with Gasteiger partial charge < -0.3 is 9.47 Å². The molecule has 0 bridgehead atoms. The molecule has 10 rings (SSSR count). The van der Waals surface area contributed by atoms with E-state index in [0.717, 1.165) is 24.2 Å². The van der Waals surface area contributed by atoms with Crippen LogP contribution in [0.3, 0.4) is 0 Å². The topological polar surface area (TPSA) is 8.17 Å². The number of fused-ring (bicyclic) bond motifs is 7. The molecule has 0 saturated carbocycles. The van der Waals surface area contributed by atoms with Crippen molar-refractivity contribution in [1.82, 2.24) is 4.57 Å². The molecule has 6 aromatic carbocycles. The second kappa shape index (κ2) is 11.0. The smallest absolute Gasteiger partial charge is 0.0582 e. The molecule has 0 radical (unpaired) electrons. The maximum atomic E-state index is 2.50. The normalized spacial score (nSPS) is 16.3. The van der Waals surface area contributed by atoms with E-state index in [1.165, 1.54) is 83.3 Å². The molecule has 0 atom stereocenters. The third-order valence-corrected chi connectivity index (χ3v) is 12.3. The van der Waals surface area contributed by atoms with Crippen molar-refractivity contribution >= 4 is 44.4 Å². The van der Waals surface area contributed by atoms with Crippen LogP contribution in [-0.2, 0) is 10.8 Å². The number of nitrogens with zero attached hydrogens (tertiary/aromatic N) is 2. The highest BCUT2D eigenvalue weighted by molar-refractivity contribution is 6.12. The molecule has 1 aromatic heterocycles. The first-order valence-corrected chi connectivity index (χ1v) is 18.8. The van der Waals surface area contributed by atoms with Crippen molar-refractivity contribution in [3.63, 3.8) is 0 Å². The van der Waals surface area contributed by atoms with Crippen molar-refractivity contribution in [2.45, 2.75) is 65.2 Å². The lowest BCUT2D eigenvalue weighted by atomic mass is 9.75. The van der Waals surface area contributed by atoms with Gasteiger partial charge in [0.2, 0.25) is 0 Å². The first kappa shape index (κ1) is 31.2. The average molecular weight is 673 g/mol. The Labute approximate surface area is 307 Å². The summed E-state index contributed by atoms with van der Waals surface area (Å²) >= 11 is 0. The van der Waals surface area contributed by atoms with Crippen LogP contribution < -0.4 is 4.90 Å². The highest BCUT2D eigenvalue weighted by Crippen LogP contribution is 2.51. The Morgan fingerprint density at radius 3 is 2.12 bits per heavy atom. The molecule has 2 nitrogen and oxygen atoms in total. The van der Waals surface area contributed by atoms with Gasteiger partial charge in [-0.2, -0.15) is 0 Å². The summed E-state index contributed by atoms with van der Waals surface area (Å²) in [6.07, 6.45) is 6.99. The lowest BCUT2D eigenvalue weighted by Crippen LogP contribution is -2.26. The van der Waals surface area contributed by atoms with Crippen LogP contribution in [0.4, 0.5) is 17.1 Å². The number of rotatable bonds is 4. The minimum Gasteiger partial charge on any atom is -0.310 e. The summed E-state index contributed by atoms with van der Waals surface area (Å²) in [5.74, 6) is 0. The maximum absolute atomic E-state index is 2.50. The summed E-state index contributed by atoms with van der Waals surface area (Å²) in [7, 11) is 0. The van der Waals surface area contributed by atoms with Crippen molar-refractivity contribution in [2.24, 2.45) is 0 Å². The van der Waals surface area contributed by atoms with Crippen LogP contribution in [0.1, 0.15) is 73.9 Å². The lowest BCUT2D eigenvalue weighted by Gasteiger charge is -2.34. The Morgan fingerprint density at radius 2 is 1.31 bits per heavy atom. The molecule has 0 unspecified atom stereocenters. The van der Waals surface area contributed by atoms with Gasteiger partial charge in [0.25, 0.3) is 0 Å². The van der Waals surface area contributed by atoms with Gasteiger partial charge in [0.15, 0.2) is 0 Å². The van der Waals surface area contributed by atoms with E-state index >= 15 is 0 Å². The Bertz CT molecular complexity index is 2670. The number of aromatic nitrogens is 1. The van der Waals surface area contributed by atoms with E-state index in [1.54, 1.807) is 5.57 Å². The Kier molecular flexibility index (Phi) is 6.56. The molecule has 0 spiro atoms. The van der Waals surface area contributed by atoms with E-state index < -0.39 is 0 Å². The van der Waals surface area contributed by atoms with E-state index in [9.17, 15) is 0 Å². The zero-order valence-corrected chi connectivity index (χ0v) is 31.0. The molecule has 0 saturated heterocycles. The number of benzene rings is 6. The van der Waals surface area contributed by atoms with Gasteiger partial charge in [-0.05, 0) is 137 Å². The SMILES string of the molecule is Cc1cc(C)cc(N(c2ccc(-c3ccc4c(c3)C(C)(C)C3=C4CCC=C3)cc2)c2ccc3c(c2)c2cccc4c2n3-c2ccccc2C4(C)C)c1. The predicted molar refractivity (Wildman–Crippen MR) is 221 cm³/mol. The Morgan fingerprint density at radius 1 is 0.577 bits per heavy atom. The van der Waals surface area contributed by atoms with Crippen molar-refractivity contribution in [2.75, 3.05) is 4.90 Å². The lowest BCUT2D eigenvalue weighted by molar-refractivity contribution is 0.630. The Balaban J connectivity index is 1.11. The van der Waals surface area contributed by atoms with Crippen molar-refractivity contribution in [3.05, 3.63) is 172 Å². The molecule has 52 heavy (non-hydrogen) atoms. The maximum Gasteiger partial charge on any atom is 0.0582 e. The van der Waals surface area contributed by atoms with E-state index in [-0.39, 0.29) is 10.8 Å². The number of hydrogen-bond acceptors (Lipinski definition) is 1. The average Bonchev–Trinajstić information content (AvgIpc) is 3.59. The number of para-hydroxylation sites is 2. The molecular formula is C50H44N2. The standard InChI is InChI=1S/C50H44N2/c1-31-26-32(2)28-37(27-31)51(35-21-18-33(19-22-35)34-20-24-39-38-12-7-8-14-42(38)49(3,4)45(39)29-34)36-23-25-46-41(30-36)40-13-11-16-44-48(40)52(46)47-17-10-9-15-43(47)50(44,5)6/h8-11,13-30H,7,12H2,1-6H3. The Hall–Kier alpha value is -5.60. The molecule has 2 heterocycles. The van der Waals surface area contributed by atoms with Gasteiger partial charge in [0, 0.05) is 38.7 Å². The van der Waals surface area contributed by atoms with Gasteiger partial charge in [-0.15, -0.1) is 0 Å². The molecule has 2 aliphatic carbocycles. The minimum atomic E-state index is -0.0856.